The third-order valence-corrected chi connectivity index (χ3v) is 4.03. The average Bonchev–Trinajstić information content (AvgIpc) is 2.98. The van der Waals surface area contributed by atoms with Gasteiger partial charge in [0.15, 0.2) is 5.69 Å². The summed E-state index contributed by atoms with van der Waals surface area (Å²) in [5.41, 5.74) is 1.01. The Morgan fingerprint density at radius 2 is 2.08 bits per heavy atom. The molecule has 1 heterocycles. The van der Waals surface area contributed by atoms with E-state index in [1.54, 1.807) is 6.07 Å². The molecule has 0 spiro atoms. The standard InChI is InChI=1S/C17H16BrN3O3/c1-21(2)7-6-19-12-9-13(22)16-14(15(12)23)20-17(24-16)10-4-3-5-11(18)8-10/h3-5,8-9,19H,6-7H2,1-2H3. The highest BCUT2D eigenvalue weighted by atomic mass is 79.9. The summed E-state index contributed by atoms with van der Waals surface area (Å²) in [6.07, 6.45) is 1.27. The number of ketones is 2. The maximum absolute atomic E-state index is 12.5. The van der Waals surface area contributed by atoms with Crippen LogP contribution in [0.1, 0.15) is 21.0 Å². The number of benzene rings is 1. The first kappa shape index (κ1) is 16.6. The van der Waals surface area contributed by atoms with Gasteiger partial charge in [-0.05, 0) is 32.3 Å². The van der Waals surface area contributed by atoms with Crippen molar-refractivity contribution in [2.45, 2.75) is 0 Å². The van der Waals surface area contributed by atoms with Gasteiger partial charge in [-0.1, -0.05) is 22.0 Å². The van der Waals surface area contributed by atoms with Gasteiger partial charge < -0.3 is 14.6 Å². The lowest BCUT2D eigenvalue weighted by Crippen LogP contribution is -2.31. The summed E-state index contributed by atoms with van der Waals surface area (Å²) in [6, 6.07) is 7.33. The Morgan fingerprint density at radius 3 is 2.79 bits per heavy atom. The highest BCUT2D eigenvalue weighted by Gasteiger charge is 2.32. The second-order valence-corrected chi connectivity index (χ2v) is 6.60. The first-order chi connectivity index (χ1) is 11.5. The van der Waals surface area contributed by atoms with Crippen molar-refractivity contribution in [2.24, 2.45) is 0 Å². The zero-order valence-corrected chi connectivity index (χ0v) is 14.9. The molecule has 0 atom stereocenters. The molecule has 1 aromatic heterocycles. The lowest BCUT2D eigenvalue weighted by molar-refractivity contribution is 0.0960. The van der Waals surface area contributed by atoms with Crippen LogP contribution in [-0.2, 0) is 0 Å². The van der Waals surface area contributed by atoms with Crippen LogP contribution >= 0.6 is 15.9 Å². The number of Topliss-reactive ketones (excluding diaryl/α,β-unsaturated/α-hetero) is 1. The Labute approximate surface area is 147 Å². The Kier molecular flexibility index (Phi) is 4.64. The molecule has 6 nitrogen and oxygen atoms in total. The molecule has 24 heavy (non-hydrogen) atoms. The molecule has 1 aliphatic rings. The average molecular weight is 390 g/mol. The zero-order chi connectivity index (χ0) is 17.3. The maximum atomic E-state index is 12.5. The summed E-state index contributed by atoms with van der Waals surface area (Å²) < 4.78 is 6.40. The number of nitrogens with one attached hydrogen (secondary N) is 1. The van der Waals surface area contributed by atoms with E-state index in [1.165, 1.54) is 6.08 Å². The molecule has 3 rings (SSSR count). The van der Waals surface area contributed by atoms with Crippen molar-refractivity contribution in [3.63, 3.8) is 0 Å². The topological polar surface area (TPSA) is 75.4 Å². The Hall–Kier alpha value is -2.25. The lowest BCUT2D eigenvalue weighted by atomic mass is 10.0. The van der Waals surface area contributed by atoms with Gasteiger partial charge in [0.05, 0.1) is 5.70 Å². The molecule has 0 aliphatic heterocycles. The number of aromatic nitrogens is 1. The van der Waals surface area contributed by atoms with Crippen LogP contribution in [0.5, 0.6) is 0 Å². The molecule has 0 radical (unpaired) electrons. The number of hydrogen-bond acceptors (Lipinski definition) is 6. The van der Waals surface area contributed by atoms with E-state index < -0.39 is 0 Å². The Morgan fingerprint density at radius 1 is 1.29 bits per heavy atom. The second-order valence-electron chi connectivity index (χ2n) is 5.69. The van der Waals surface area contributed by atoms with Crippen LogP contribution in [0.25, 0.3) is 11.5 Å². The number of hydrogen-bond donors (Lipinski definition) is 1. The van der Waals surface area contributed by atoms with Crippen molar-refractivity contribution >= 4 is 27.5 Å². The molecule has 124 valence electrons. The molecule has 0 saturated carbocycles. The van der Waals surface area contributed by atoms with E-state index in [0.717, 1.165) is 11.0 Å². The molecule has 0 bridgehead atoms. The van der Waals surface area contributed by atoms with Gasteiger partial charge in [-0.25, -0.2) is 4.98 Å². The fraction of sp³-hybridized carbons (Fsp3) is 0.235. The monoisotopic (exact) mass is 389 g/mol. The number of oxazole rings is 1. The highest BCUT2D eigenvalue weighted by molar-refractivity contribution is 9.10. The first-order valence-corrected chi connectivity index (χ1v) is 8.21. The smallest absolute Gasteiger partial charge is 0.231 e. The third-order valence-electron chi connectivity index (χ3n) is 3.53. The quantitative estimate of drug-likeness (QED) is 0.846. The van der Waals surface area contributed by atoms with Crippen LogP contribution in [-0.4, -0.2) is 48.6 Å². The zero-order valence-electron chi connectivity index (χ0n) is 13.3. The summed E-state index contributed by atoms with van der Waals surface area (Å²) in [4.78, 5) is 31.0. The predicted octanol–water partition coefficient (Wildman–Crippen LogP) is 2.52. The van der Waals surface area contributed by atoms with Gasteiger partial charge in [0, 0.05) is 29.2 Å². The minimum absolute atomic E-state index is 0.00636. The summed E-state index contributed by atoms with van der Waals surface area (Å²) in [5.74, 6) is -0.432. The number of allylic oxidation sites excluding steroid dienone is 2. The summed E-state index contributed by atoms with van der Waals surface area (Å²) in [7, 11) is 3.87. The van der Waals surface area contributed by atoms with Gasteiger partial charge in [-0.2, -0.15) is 0 Å². The summed E-state index contributed by atoms with van der Waals surface area (Å²) >= 11 is 3.38. The van der Waals surface area contributed by atoms with Crippen molar-refractivity contribution in [3.05, 3.63) is 52.0 Å². The molecule has 0 saturated heterocycles. The first-order valence-electron chi connectivity index (χ1n) is 7.42. The number of fused-ring (bicyclic) bond motifs is 1. The van der Waals surface area contributed by atoms with E-state index in [2.05, 4.69) is 26.2 Å². The normalized spacial score (nSPS) is 13.9. The molecular weight excluding hydrogens is 374 g/mol. The van der Waals surface area contributed by atoms with Crippen LogP contribution < -0.4 is 5.32 Å². The van der Waals surface area contributed by atoms with Crippen LogP contribution in [0.2, 0.25) is 0 Å². The fourth-order valence-corrected chi connectivity index (χ4v) is 2.72. The second kappa shape index (κ2) is 6.70. The molecule has 1 aliphatic carbocycles. The number of rotatable bonds is 5. The minimum atomic E-state index is -0.356. The van der Waals surface area contributed by atoms with Crippen LogP contribution in [0, 0.1) is 0 Å². The van der Waals surface area contributed by atoms with E-state index in [1.807, 2.05) is 37.2 Å². The van der Waals surface area contributed by atoms with Crippen LogP contribution in [0.3, 0.4) is 0 Å². The van der Waals surface area contributed by atoms with E-state index >= 15 is 0 Å². The molecule has 7 heteroatoms. The number of carbonyl (C=O) groups is 2. The van der Waals surface area contributed by atoms with E-state index in [-0.39, 0.29) is 34.6 Å². The van der Waals surface area contributed by atoms with E-state index in [0.29, 0.717) is 12.1 Å². The number of carbonyl (C=O) groups excluding carboxylic acids is 2. The molecule has 0 fully saturated rings. The molecule has 2 aromatic rings. The van der Waals surface area contributed by atoms with Gasteiger partial charge in [0.25, 0.3) is 0 Å². The fourth-order valence-electron chi connectivity index (χ4n) is 2.32. The van der Waals surface area contributed by atoms with Crippen molar-refractivity contribution in [1.82, 2.24) is 15.2 Å². The molecule has 1 aromatic carbocycles. The Balaban J connectivity index is 1.87. The SMILES string of the molecule is CN(C)CCNC1=CC(=O)c2oc(-c3cccc(Br)c3)nc2C1=O. The molecular formula is C17H16BrN3O3. The van der Waals surface area contributed by atoms with Crippen molar-refractivity contribution < 1.29 is 14.0 Å². The van der Waals surface area contributed by atoms with Gasteiger partial charge in [-0.3, -0.25) is 9.59 Å². The lowest BCUT2D eigenvalue weighted by Gasteiger charge is -2.14. The third kappa shape index (κ3) is 3.32. The highest BCUT2D eigenvalue weighted by Crippen LogP contribution is 2.28. The predicted molar refractivity (Wildman–Crippen MR) is 92.9 cm³/mol. The van der Waals surface area contributed by atoms with Gasteiger partial charge in [0.2, 0.25) is 23.2 Å². The van der Waals surface area contributed by atoms with Gasteiger partial charge >= 0.3 is 0 Å². The Bertz CT molecular complexity index is 839. The molecule has 0 unspecified atom stereocenters. The van der Waals surface area contributed by atoms with E-state index in [9.17, 15) is 9.59 Å². The van der Waals surface area contributed by atoms with Gasteiger partial charge in [0.1, 0.15) is 0 Å². The minimum Gasteiger partial charge on any atom is -0.432 e. The molecule has 0 amide bonds. The van der Waals surface area contributed by atoms with Crippen LogP contribution in [0.15, 0.2) is 44.9 Å². The number of likely N-dealkylation sites (N-methyl/N-ethyl adjacent to an activating group) is 1. The van der Waals surface area contributed by atoms with Crippen molar-refractivity contribution in [2.75, 3.05) is 27.2 Å². The maximum Gasteiger partial charge on any atom is 0.231 e. The van der Waals surface area contributed by atoms with Gasteiger partial charge in [-0.15, -0.1) is 0 Å². The number of halogens is 1. The summed E-state index contributed by atoms with van der Waals surface area (Å²) in [5, 5.41) is 2.99. The molecule has 1 N–H and O–H groups in total. The summed E-state index contributed by atoms with van der Waals surface area (Å²) in [6.45, 7) is 1.30. The van der Waals surface area contributed by atoms with Crippen molar-refractivity contribution in [3.8, 4) is 11.5 Å². The van der Waals surface area contributed by atoms with Crippen LogP contribution in [0.4, 0.5) is 0 Å². The van der Waals surface area contributed by atoms with Crippen molar-refractivity contribution in [1.29, 1.82) is 0 Å². The number of nitrogens with zero attached hydrogens (tertiary/aromatic N) is 2. The largest absolute Gasteiger partial charge is 0.432 e. The van der Waals surface area contributed by atoms with E-state index in [4.69, 9.17) is 4.42 Å².